The minimum absolute atomic E-state index is 0.124. The van der Waals surface area contributed by atoms with Gasteiger partial charge in [-0.3, -0.25) is 4.57 Å². The van der Waals surface area contributed by atoms with E-state index >= 15 is 0 Å². The summed E-state index contributed by atoms with van der Waals surface area (Å²) in [5.74, 6) is 0. The highest BCUT2D eigenvalue weighted by molar-refractivity contribution is 7.53. The summed E-state index contributed by atoms with van der Waals surface area (Å²) in [6.07, 6.45) is 1.49. The van der Waals surface area contributed by atoms with Crippen LogP contribution in [-0.4, -0.2) is 36.7 Å². The number of hydrogen-bond acceptors (Lipinski definition) is 5. The van der Waals surface area contributed by atoms with E-state index in [2.05, 4.69) is 0 Å². The van der Waals surface area contributed by atoms with Gasteiger partial charge < -0.3 is 18.4 Å². The van der Waals surface area contributed by atoms with Crippen LogP contribution in [0, 0.1) is 0 Å². The standard InChI is InChI=1S/C15H32BO5P/c1-12(2)18-22(17,19-13(3)4)11-9-10-16-20-14(5,6)15(7,8)21-16/h12-13H,9-11H2,1-8H3. The molecule has 0 radical (unpaired) electrons. The van der Waals surface area contributed by atoms with E-state index in [-0.39, 0.29) is 30.5 Å². The molecule has 1 rings (SSSR count). The fourth-order valence-corrected chi connectivity index (χ4v) is 4.42. The molecule has 0 saturated carbocycles. The summed E-state index contributed by atoms with van der Waals surface area (Å²) in [4.78, 5) is 0. The van der Waals surface area contributed by atoms with Crippen molar-refractivity contribution in [2.45, 2.75) is 91.5 Å². The van der Waals surface area contributed by atoms with Crippen molar-refractivity contribution in [3.8, 4) is 0 Å². The molecular weight excluding hydrogens is 302 g/mol. The third kappa shape index (κ3) is 5.65. The van der Waals surface area contributed by atoms with Crippen LogP contribution in [0.15, 0.2) is 0 Å². The molecular formula is C15H32BO5P. The van der Waals surface area contributed by atoms with Gasteiger partial charge >= 0.3 is 14.7 Å². The average Bonchev–Trinajstić information content (AvgIpc) is 2.43. The predicted octanol–water partition coefficient (Wildman–Crippen LogP) is 4.51. The molecule has 0 aromatic rings. The Balaban J connectivity index is 2.52. The number of hydrogen-bond donors (Lipinski definition) is 0. The highest BCUT2D eigenvalue weighted by Gasteiger charge is 2.50. The van der Waals surface area contributed by atoms with Crippen molar-refractivity contribution < 1.29 is 22.9 Å². The molecule has 0 unspecified atom stereocenters. The predicted molar refractivity (Wildman–Crippen MR) is 90.4 cm³/mol. The van der Waals surface area contributed by atoms with Crippen LogP contribution in [0.25, 0.3) is 0 Å². The minimum atomic E-state index is -3.06. The molecule has 1 heterocycles. The van der Waals surface area contributed by atoms with Crippen LogP contribution >= 0.6 is 7.60 Å². The van der Waals surface area contributed by atoms with Gasteiger partial charge in [-0.1, -0.05) is 0 Å². The zero-order valence-electron chi connectivity index (χ0n) is 15.3. The Morgan fingerprint density at radius 2 is 1.36 bits per heavy atom. The smallest absolute Gasteiger partial charge is 0.403 e. The Hall–Kier alpha value is 0.135. The second-order valence-corrected chi connectivity index (χ2v) is 9.56. The summed E-state index contributed by atoms with van der Waals surface area (Å²) in [6.45, 7) is 15.6. The van der Waals surface area contributed by atoms with E-state index in [0.29, 0.717) is 18.9 Å². The Bertz CT molecular complexity index is 379. The average molecular weight is 334 g/mol. The summed E-state index contributed by atoms with van der Waals surface area (Å²) >= 11 is 0. The first kappa shape index (κ1) is 20.2. The lowest BCUT2D eigenvalue weighted by atomic mass is 9.83. The SMILES string of the molecule is CC(C)OP(=O)(CCCB1OC(C)(C)C(C)(C)O1)OC(C)C. The van der Waals surface area contributed by atoms with E-state index in [1.165, 1.54) is 0 Å². The van der Waals surface area contributed by atoms with E-state index in [9.17, 15) is 4.57 Å². The highest BCUT2D eigenvalue weighted by atomic mass is 31.2. The molecule has 0 aromatic heterocycles. The second-order valence-electron chi connectivity index (χ2n) is 7.47. The summed E-state index contributed by atoms with van der Waals surface area (Å²) in [7, 11) is -3.33. The van der Waals surface area contributed by atoms with Gasteiger partial charge in [0.25, 0.3) is 0 Å². The largest absolute Gasteiger partial charge is 0.457 e. The first-order chi connectivity index (χ1) is 9.87. The van der Waals surface area contributed by atoms with Crippen LogP contribution in [-0.2, 0) is 22.9 Å². The molecule has 1 fully saturated rings. The topological polar surface area (TPSA) is 54.0 Å². The van der Waals surface area contributed by atoms with E-state index in [4.69, 9.17) is 18.4 Å². The Morgan fingerprint density at radius 1 is 0.955 bits per heavy atom. The maximum atomic E-state index is 12.7. The summed E-state index contributed by atoms with van der Waals surface area (Å²) in [6, 6.07) is 0. The lowest BCUT2D eigenvalue weighted by Crippen LogP contribution is -2.41. The molecule has 130 valence electrons. The fourth-order valence-electron chi connectivity index (χ4n) is 2.31. The van der Waals surface area contributed by atoms with Crippen molar-refractivity contribution in [2.24, 2.45) is 0 Å². The van der Waals surface area contributed by atoms with Crippen LogP contribution in [0.3, 0.4) is 0 Å². The maximum Gasteiger partial charge on any atom is 0.457 e. The lowest BCUT2D eigenvalue weighted by molar-refractivity contribution is 0.00578. The number of rotatable bonds is 8. The third-order valence-corrected chi connectivity index (χ3v) is 6.27. The quantitative estimate of drug-likeness (QED) is 0.483. The minimum Gasteiger partial charge on any atom is -0.403 e. The Labute approximate surface area is 136 Å². The van der Waals surface area contributed by atoms with Crippen molar-refractivity contribution in [3.63, 3.8) is 0 Å². The van der Waals surface area contributed by atoms with Crippen LogP contribution < -0.4 is 0 Å². The molecule has 1 aliphatic heterocycles. The summed E-state index contributed by atoms with van der Waals surface area (Å²) in [5.41, 5.74) is -0.658. The first-order valence-electron chi connectivity index (χ1n) is 8.18. The van der Waals surface area contributed by atoms with Crippen LogP contribution in [0.2, 0.25) is 6.32 Å². The first-order valence-corrected chi connectivity index (χ1v) is 9.91. The van der Waals surface area contributed by atoms with Gasteiger partial charge in [0.15, 0.2) is 0 Å². The molecule has 0 spiro atoms. The zero-order valence-corrected chi connectivity index (χ0v) is 16.2. The van der Waals surface area contributed by atoms with Gasteiger partial charge in [-0.15, -0.1) is 0 Å². The summed E-state index contributed by atoms with van der Waals surface area (Å²) in [5, 5.41) is 0. The van der Waals surface area contributed by atoms with Crippen molar-refractivity contribution >= 4 is 14.7 Å². The molecule has 1 saturated heterocycles. The molecule has 0 aromatic carbocycles. The molecule has 0 N–H and O–H groups in total. The van der Waals surface area contributed by atoms with Gasteiger partial charge in [0.2, 0.25) is 0 Å². The molecule has 22 heavy (non-hydrogen) atoms. The van der Waals surface area contributed by atoms with Gasteiger partial charge in [-0.25, -0.2) is 0 Å². The van der Waals surface area contributed by atoms with Crippen molar-refractivity contribution in [3.05, 3.63) is 0 Å². The fraction of sp³-hybridized carbons (Fsp3) is 1.00. The summed E-state index contributed by atoms with van der Waals surface area (Å²) < 4.78 is 35.7. The molecule has 0 aliphatic carbocycles. The normalized spacial score (nSPS) is 21.1. The van der Waals surface area contributed by atoms with E-state index < -0.39 is 7.60 Å². The Kier molecular flexibility index (Phi) is 6.75. The molecule has 0 amide bonds. The van der Waals surface area contributed by atoms with Crippen molar-refractivity contribution in [1.29, 1.82) is 0 Å². The van der Waals surface area contributed by atoms with E-state index in [0.717, 1.165) is 0 Å². The zero-order chi connectivity index (χ0) is 17.2. The van der Waals surface area contributed by atoms with E-state index in [1.807, 2.05) is 55.4 Å². The van der Waals surface area contributed by atoms with Crippen LogP contribution in [0.5, 0.6) is 0 Å². The van der Waals surface area contributed by atoms with Crippen molar-refractivity contribution in [1.82, 2.24) is 0 Å². The van der Waals surface area contributed by atoms with Gasteiger partial charge in [-0.05, 0) is 68.1 Å². The van der Waals surface area contributed by atoms with E-state index in [1.54, 1.807) is 0 Å². The monoisotopic (exact) mass is 334 g/mol. The van der Waals surface area contributed by atoms with Gasteiger partial charge in [0, 0.05) is 6.16 Å². The molecule has 1 aliphatic rings. The van der Waals surface area contributed by atoms with Gasteiger partial charge in [0.1, 0.15) is 0 Å². The third-order valence-electron chi connectivity index (χ3n) is 3.92. The highest BCUT2D eigenvalue weighted by Crippen LogP contribution is 2.51. The van der Waals surface area contributed by atoms with Crippen LogP contribution in [0.1, 0.15) is 61.8 Å². The van der Waals surface area contributed by atoms with Gasteiger partial charge in [-0.2, -0.15) is 0 Å². The van der Waals surface area contributed by atoms with Gasteiger partial charge in [0.05, 0.1) is 23.4 Å². The van der Waals surface area contributed by atoms with Crippen molar-refractivity contribution in [2.75, 3.05) is 6.16 Å². The molecule has 0 bridgehead atoms. The lowest BCUT2D eigenvalue weighted by Gasteiger charge is -2.32. The maximum absolute atomic E-state index is 12.7. The molecule has 0 atom stereocenters. The van der Waals surface area contributed by atoms with Crippen LogP contribution in [0.4, 0.5) is 0 Å². The Morgan fingerprint density at radius 3 is 1.73 bits per heavy atom. The molecule has 5 nitrogen and oxygen atoms in total. The second kappa shape index (κ2) is 7.35. The molecule has 7 heteroatoms.